The Morgan fingerprint density at radius 3 is 3.00 bits per heavy atom. The van der Waals surface area contributed by atoms with Gasteiger partial charge < -0.3 is 9.84 Å². The molecule has 0 spiro atoms. The molecule has 1 aliphatic heterocycles. The fourth-order valence-electron chi connectivity index (χ4n) is 2.08. The van der Waals surface area contributed by atoms with Gasteiger partial charge in [-0.25, -0.2) is 0 Å². The zero-order chi connectivity index (χ0) is 9.31. The van der Waals surface area contributed by atoms with E-state index in [4.69, 9.17) is 4.52 Å². The molecule has 1 aromatic rings. The summed E-state index contributed by atoms with van der Waals surface area (Å²) in [6, 6.07) is 2.04. The summed E-state index contributed by atoms with van der Waals surface area (Å²) in [6.45, 7) is 5.25. The molecule has 1 atom stereocenters. The first-order valence-corrected chi connectivity index (χ1v) is 4.96. The van der Waals surface area contributed by atoms with Crippen LogP contribution in [-0.2, 0) is 5.54 Å². The van der Waals surface area contributed by atoms with E-state index in [0.717, 1.165) is 30.8 Å². The van der Waals surface area contributed by atoms with Crippen molar-refractivity contribution >= 4 is 0 Å². The number of nitrogens with one attached hydrogen (secondary N) is 1. The van der Waals surface area contributed by atoms with Crippen molar-refractivity contribution in [2.45, 2.75) is 38.6 Å². The fraction of sp³-hybridized carbons (Fsp3) is 0.700. The molecular formula is C10H16N2O. The number of aromatic nitrogens is 1. The molecule has 0 saturated carbocycles. The topological polar surface area (TPSA) is 38.1 Å². The second-order valence-electron chi connectivity index (χ2n) is 3.80. The summed E-state index contributed by atoms with van der Waals surface area (Å²) in [5.74, 6) is 1.00. The van der Waals surface area contributed by atoms with E-state index in [1.807, 2.05) is 13.0 Å². The molecule has 0 bridgehead atoms. The molecule has 3 heteroatoms. The van der Waals surface area contributed by atoms with Crippen molar-refractivity contribution in [1.29, 1.82) is 0 Å². The Morgan fingerprint density at radius 1 is 1.69 bits per heavy atom. The third-order valence-electron chi connectivity index (χ3n) is 2.95. The molecule has 2 rings (SSSR count). The maximum absolute atomic E-state index is 5.33. The van der Waals surface area contributed by atoms with Crippen LogP contribution < -0.4 is 5.32 Å². The molecule has 0 unspecified atom stereocenters. The molecule has 2 heterocycles. The van der Waals surface area contributed by atoms with E-state index in [0.29, 0.717) is 0 Å². The Labute approximate surface area is 78.5 Å². The molecule has 0 aromatic carbocycles. The van der Waals surface area contributed by atoms with Gasteiger partial charge in [-0.05, 0) is 32.7 Å². The Morgan fingerprint density at radius 2 is 2.54 bits per heavy atom. The van der Waals surface area contributed by atoms with E-state index in [-0.39, 0.29) is 5.54 Å². The van der Waals surface area contributed by atoms with Crippen molar-refractivity contribution in [3.63, 3.8) is 0 Å². The molecular weight excluding hydrogens is 164 g/mol. The maximum atomic E-state index is 5.33. The van der Waals surface area contributed by atoms with Crippen LogP contribution in [-0.4, -0.2) is 11.7 Å². The minimum atomic E-state index is 0.0707. The summed E-state index contributed by atoms with van der Waals surface area (Å²) in [5, 5.41) is 7.45. The van der Waals surface area contributed by atoms with Gasteiger partial charge in [0.15, 0.2) is 5.76 Å². The molecule has 3 nitrogen and oxygen atoms in total. The minimum Gasteiger partial charge on any atom is -0.359 e. The van der Waals surface area contributed by atoms with Crippen LogP contribution in [0, 0.1) is 6.92 Å². The van der Waals surface area contributed by atoms with Crippen LogP contribution in [0.3, 0.4) is 0 Å². The smallest absolute Gasteiger partial charge is 0.156 e. The molecule has 0 radical (unpaired) electrons. The van der Waals surface area contributed by atoms with Crippen LogP contribution in [0.5, 0.6) is 0 Å². The predicted octanol–water partition coefficient (Wildman–Crippen LogP) is 1.97. The van der Waals surface area contributed by atoms with E-state index in [9.17, 15) is 0 Å². The summed E-state index contributed by atoms with van der Waals surface area (Å²) < 4.78 is 5.33. The first kappa shape index (κ1) is 8.75. The van der Waals surface area contributed by atoms with E-state index in [1.54, 1.807) is 0 Å². The zero-order valence-electron chi connectivity index (χ0n) is 8.26. The van der Waals surface area contributed by atoms with Gasteiger partial charge in [0, 0.05) is 6.07 Å². The molecule has 13 heavy (non-hydrogen) atoms. The Bertz CT molecular complexity index is 287. The molecule has 0 amide bonds. The monoisotopic (exact) mass is 180 g/mol. The molecule has 1 N–H and O–H groups in total. The largest absolute Gasteiger partial charge is 0.359 e. The highest BCUT2D eigenvalue weighted by Crippen LogP contribution is 2.34. The predicted molar refractivity (Wildman–Crippen MR) is 50.4 cm³/mol. The number of hydrogen-bond donors (Lipinski definition) is 1. The van der Waals surface area contributed by atoms with E-state index < -0.39 is 0 Å². The van der Waals surface area contributed by atoms with Crippen LogP contribution in [0.25, 0.3) is 0 Å². The zero-order valence-corrected chi connectivity index (χ0v) is 8.26. The average Bonchev–Trinajstić information content (AvgIpc) is 2.73. The van der Waals surface area contributed by atoms with Crippen molar-refractivity contribution in [2.24, 2.45) is 0 Å². The molecule has 1 aromatic heterocycles. The van der Waals surface area contributed by atoms with Crippen molar-refractivity contribution in [3.05, 3.63) is 17.5 Å². The fourth-order valence-corrected chi connectivity index (χ4v) is 2.08. The summed E-state index contributed by atoms with van der Waals surface area (Å²) >= 11 is 0. The number of rotatable bonds is 2. The normalized spacial score (nSPS) is 28.2. The quantitative estimate of drug-likeness (QED) is 0.756. The molecule has 0 aliphatic carbocycles. The first-order chi connectivity index (χ1) is 6.27. The van der Waals surface area contributed by atoms with Gasteiger partial charge in [-0.2, -0.15) is 0 Å². The second-order valence-corrected chi connectivity index (χ2v) is 3.80. The van der Waals surface area contributed by atoms with Gasteiger partial charge in [0.25, 0.3) is 0 Å². The van der Waals surface area contributed by atoms with Crippen molar-refractivity contribution in [3.8, 4) is 0 Å². The van der Waals surface area contributed by atoms with E-state index in [1.165, 1.54) is 6.42 Å². The third-order valence-corrected chi connectivity index (χ3v) is 2.95. The number of nitrogens with zero attached hydrogens (tertiary/aromatic N) is 1. The Balaban J connectivity index is 2.30. The molecule has 1 aliphatic rings. The van der Waals surface area contributed by atoms with E-state index >= 15 is 0 Å². The highest BCUT2D eigenvalue weighted by molar-refractivity contribution is 5.16. The van der Waals surface area contributed by atoms with E-state index in [2.05, 4.69) is 17.4 Å². The van der Waals surface area contributed by atoms with Crippen LogP contribution in [0.4, 0.5) is 0 Å². The van der Waals surface area contributed by atoms with Crippen LogP contribution in [0.1, 0.15) is 37.6 Å². The van der Waals surface area contributed by atoms with Gasteiger partial charge in [-0.1, -0.05) is 12.1 Å². The molecule has 1 saturated heterocycles. The summed E-state index contributed by atoms with van der Waals surface area (Å²) in [6.07, 6.45) is 3.47. The summed E-state index contributed by atoms with van der Waals surface area (Å²) in [4.78, 5) is 0. The van der Waals surface area contributed by atoms with Gasteiger partial charge in [-0.3, -0.25) is 0 Å². The van der Waals surface area contributed by atoms with Gasteiger partial charge >= 0.3 is 0 Å². The van der Waals surface area contributed by atoms with Crippen LogP contribution in [0.15, 0.2) is 10.6 Å². The van der Waals surface area contributed by atoms with Gasteiger partial charge in [0.1, 0.15) is 0 Å². The molecule has 1 fully saturated rings. The Hall–Kier alpha value is -0.830. The maximum Gasteiger partial charge on any atom is 0.156 e. The minimum absolute atomic E-state index is 0.0707. The van der Waals surface area contributed by atoms with Crippen molar-refractivity contribution in [1.82, 2.24) is 10.5 Å². The van der Waals surface area contributed by atoms with Gasteiger partial charge in [0.2, 0.25) is 0 Å². The van der Waals surface area contributed by atoms with Gasteiger partial charge in [0.05, 0.1) is 11.2 Å². The standard InChI is InChI=1S/C10H16N2O/c1-3-10(5-4-6-11-10)9-7-8(2)12-13-9/h7,11H,3-6H2,1-2H3/t10-/m0/s1. The van der Waals surface area contributed by atoms with Crippen LogP contribution >= 0.6 is 0 Å². The summed E-state index contributed by atoms with van der Waals surface area (Å²) in [5.41, 5.74) is 1.04. The first-order valence-electron chi connectivity index (χ1n) is 4.96. The lowest BCUT2D eigenvalue weighted by molar-refractivity contribution is 0.258. The highest BCUT2D eigenvalue weighted by Gasteiger charge is 2.36. The molecule has 72 valence electrons. The Kier molecular flexibility index (Phi) is 2.12. The lowest BCUT2D eigenvalue weighted by Crippen LogP contribution is -2.35. The number of hydrogen-bond acceptors (Lipinski definition) is 3. The van der Waals surface area contributed by atoms with Crippen LogP contribution in [0.2, 0.25) is 0 Å². The second kappa shape index (κ2) is 3.14. The van der Waals surface area contributed by atoms with Crippen molar-refractivity contribution < 1.29 is 4.52 Å². The van der Waals surface area contributed by atoms with Gasteiger partial charge in [-0.15, -0.1) is 0 Å². The summed E-state index contributed by atoms with van der Waals surface area (Å²) in [7, 11) is 0. The number of aryl methyl sites for hydroxylation is 1. The average molecular weight is 180 g/mol. The SMILES string of the molecule is CC[C@@]1(c2cc(C)no2)CCCN1. The third kappa shape index (κ3) is 1.37. The lowest BCUT2D eigenvalue weighted by Gasteiger charge is -2.24. The highest BCUT2D eigenvalue weighted by atomic mass is 16.5. The van der Waals surface area contributed by atoms with Crippen molar-refractivity contribution in [2.75, 3.05) is 6.54 Å². The lowest BCUT2D eigenvalue weighted by atomic mass is 9.91.